The minimum atomic E-state index is -0.779. The Labute approximate surface area is 284 Å². The summed E-state index contributed by atoms with van der Waals surface area (Å²) in [4.78, 5) is 39.8. The predicted molar refractivity (Wildman–Crippen MR) is 185 cm³/mol. The number of nitrogens with one attached hydrogen (secondary N) is 3. The van der Waals surface area contributed by atoms with Gasteiger partial charge in [-0.3, -0.25) is 30.1 Å². The quantitative estimate of drug-likeness (QED) is 0.134. The minimum absolute atomic E-state index is 0.0691. The maximum absolute atomic E-state index is 12.9. The highest BCUT2D eigenvalue weighted by Crippen LogP contribution is 2.37. The van der Waals surface area contributed by atoms with Crippen molar-refractivity contribution < 1.29 is 29.0 Å². The monoisotopic (exact) mass is 673 g/mol. The lowest BCUT2D eigenvalue weighted by Gasteiger charge is -2.37. The molecule has 8 heterocycles. The van der Waals surface area contributed by atoms with Crippen LogP contribution in [0.25, 0.3) is 5.70 Å². The van der Waals surface area contributed by atoms with E-state index in [1.165, 1.54) is 6.08 Å². The Kier molecular flexibility index (Phi) is 10.6. The molecule has 6 N–H and O–H groups in total. The summed E-state index contributed by atoms with van der Waals surface area (Å²) in [5.74, 6) is 0.303. The van der Waals surface area contributed by atoms with E-state index in [4.69, 9.17) is 24.9 Å². The highest BCUT2D eigenvalue weighted by Gasteiger charge is 2.26. The van der Waals surface area contributed by atoms with Crippen LogP contribution in [0, 0.1) is 0 Å². The van der Waals surface area contributed by atoms with E-state index in [1.54, 1.807) is 29.7 Å². The number of hydrogen-bond donors (Lipinski definition) is 5. The third kappa shape index (κ3) is 7.80. The third-order valence-corrected chi connectivity index (χ3v) is 8.90. The fourth-order valence-corrected chi connectivity index (χ4v) is 6.21. The highest BCUT2D eigenvalue weighted by atomic mass is 16.5. The lowest BCUT2D eigenvalue weighted by molar-refractivity contribution is -0.124. The summed E-state index contributed by atoms with van der Waals surface area (Å²) >= 11 is 0. The maximum atomic E-state index is 12.9. The zero-order valence-electron chi connectivity index (χ0n) is 27.8. The van der Waals surface area contributed by atoms with Crippen LogP contribution in [0.5, 0.6) is 11.5 Å². The molecule has 0 radical (unpaired) electrons. The van der Waals surface area contributed by atoms with Crippen LogP contribution < -0.4 is 41.3 Å². The summed E-state index contributed by atoms with van der Waals surface area (Å²) in [6.07, 6.45) is 3.32. The van der Waals surface area contributed by atoms with Gasteiger partial charge >= 0.3 is 0 Å². The third-order valence-electron chi connectivity index (χ3n) is 8.90. The minimum Gasteiger partial charge on any atom is -0.495 e. The topological polar surface area (TPSA) is 180 Å². The molecule has 15 heteroatoms. The molecule has 2 amide bonds. The Hall–Kier alpha value is -5.12. The highest BCUT2D eigenvalue weighted by molar-refractivity contribution is 6.00. The van der Waals surface area contributed by atoms with Crippen LogP contribution in [0.4, 0.5) is 23.0 Å². The number of primary amides is 1. The van der Waals surface area contributed by atoms with Gasteiger partial charge < -0.3 is 30.2 Å². The van der Waals surface area contributed by atoms with E-state index >= 15 is 0 Å². The predicted octanol–water partition coefficient (Wildman–Crippen LogP) is 2.63. The number of nitrogens with two attached hydrogens (primary N) is 1. The number of benzene rings is 2. The molecule has 0 spiro atoms. The number of hydroxylamine groups is 1. The van der Waals surface area contributed by atoms with Gasteiger partial charge in [0.15, 0.2) is 17.3 Å². The summed E-state index contributed by atoms with van der Waals surface area (Å²) in [7, 11) is 1.61. The number of amides is 2. The number of piperazine rings is 1. The summed E-state index contributed by atoms with van der Waals surface area (Å²) < 4.78 is 17.5. The fraction of sp³-hybridized carbons (Fsp3) is 0.412. The Morgan fingerprint density at radius 1 is 1.02 bits per heavy atom. The van der Waals surface area contributed by atoms with Crippen molar-refractivity contribution in [3.8, 4) is 11.5 Å². The van der Waals surface area contributed by atoms with Crippen molar-refractivity contribution in [2.45, 2.75) is 32.2 Å². The van der Waals surface area contributed by atoms with E-state index < -0.39 is 11.8 Å². The van der Waals surface area contributed by atoms with E-state index in [-0.39, 0.29) is 17.6 Å². The summed E-state index contributed by atoms with van der Waals surface area (Å²) in [6, 6.07) is 13.0. The molecule has 0 atom stereocenters. The first kappa shape index (κ1) is 33.8. The second kappa shape index (κ2) is 15.4. The van der Waals surface area contributed by atoms with Crippen molar-refractivity contribution in [1.29, 1.82) is 0 Å². The fourth-order valence-electron chi connectivity index (χ4n) is 6.21. The first-order chi connectivity index (χ1) is 23.9. The molecule has 7 aliphatic heterocycles. The number of methoxy groups -OCH3 is 1. The largest absolute Gasteiger partial charge is 0.495 e. The summed E-state index contributed by atoms with van der Waals surface area (Å²) in [5, 5.41) is 14.7. The van der Waals surface area contributed by atoms with E-state index in [2.05, 4.69) is 25.5 Å². The van der Waals surface area contributed by atoms with E-state index in [9.17, 15) is 14.8 Å². The average Bonchev–Trinajstić information content (AvgIpc) is 3.14. The van der Waals surface area contributed by atoms with Gasteiger partial charge in [0.25, 0.3) is 11.8 Å². The molecule has 2 aromatic carbocycles. The first-order valence-corrected chi connectivity index (χ1v) is 16.5. The molecule has 15 nitrogen and oxygen atoms in total. The number of carbonyl (C=O) groups is 2. The van der Waals surface area contributed by atoms with Gasteiger partial charge in [0, 0.05) is 69.7 Å². The molecule has 10 rings (SSSR count). The smallest absolute Gasteiger partial charge is 0.271 e. The number of nitrogens with zero attached hydrogens (tertiary/aromatic N) is 5. The molecule has 0 unspecified atom stereocenters. The van der Waals surface area contributed by atoms with Crippen molar-refractivity contribution in [3.05, 3.63) is 65.5 Å². The average molecular weight is 674 g/mol. The van der Waals surface area contributed by atoms with Crippen molar-refractivity contribution >= 4 is 40.5 Å². The molecule has 6 bridgehead atoms. The molecule has 260 valence electrons. The summed E-state index contributed by atoms with van der Waals surface area (Å²) in [5.41, 5.74) is 13.7. The standard InChI is InChI=1S/C34H43N9O6/c1-3-26-33(36-23-10-17-48-18-11-23)38-34(31(37-26)32(35)45)39-43-24-6-9-27(29(20-24)47-2)42-14-12-41(13-15-42)16-19-49-25-7-4-22(5-8-25)28(43)21-30(44)40-46/h4-9,20-21,23,46H,3,10-19H2,1-2H3,(H2,35,45)(H,40,44)(H2,36,38,39)/b28-21+. The number of aromatic nitrogens is 2. The number of hydrogen-bond acceptors (Lipinski definition) is 13. The van der Waals surface area contributed by atoms with Crippen LogP contribution in [0.2, 0.25) is 0 Å². The van der Waals surface area contributed by atoms with E-state index in [0.717, 1.165) is 51.3 Å². The molecule has 49 heavy (non-hydrogen) atoms. The SMILES string of the molecule is CCc1nc(C(N)=O)c(NN2/C(=C/C(=O)NO)c3ccc(cc3)OCCN3CCN(CC3)c3ccc2cc3OC)nc1NC1CCOCC1. The van der Waals surface area contributed by atoms with Crippen LogP contribution in [0.15, 0.2) is 48.5 Å². The Morgan fingerprint density at radius 2 is 1.78 bits per heavy atom. The van der Waals surface area contributed by atoms with Crippen LogP contribution >= 0.6 is 0 Å². The number of anilines is 4. The van der Waals surface area contributed by atoms with Gasteiger partial charge in [0.1, 0.15) is 18.1 Å². The maximum Gasteiger partial charge on any atom is 0.271 e. The van der Waals surface area contributed by atoms with Gasteiger partial charge in [-0.1, -0.05) is 6.92 Å². The molecule has 2 saturated heterocycles. The molecule has 2 fully saturated rings. The Bertz CT molecular complexity index is 1670. The van der Waals surface area contributed by atoms with E-state index in [1.807, 2.05) is 37.3 Å². The number of rotatable bonds is 8. The van der Waals surface area contributed by atoms with Crippen LogP contribution in [0.3, 0.4) is 0 Å². The number of hydrazine groups is 1. The number of ether oxygens (including phenoxy) is 3. The zero-order valence-corrected chi connectivity index (χ0v) is 27.8. The molecule has 0 aliphatic carbocycles. The number of carbonyl (C=O) groups excluding carboxylic acids is 2. The van der Waals surface area contributed by atoms with Gasteiger partial charge in [-0.2, -0.15) is 0 Å². The Morgan fingerprint density at radius 3 is 2.45 bits per heavy atom. The van der Waals surface area contributed by atoms with Gasteiger partial charge in [-0.15, -0.1) is 0 Å². The van der Waals surface area contributed by atoms with Crippen molar-refractivity contribution in [1.82, 2.24) is 20.3 Å². The van der Waals surface area contributed by atoms with Crippen molar-refractivity contribution in [2.24, 2.45) is 5.73 Å². The summed E-state index contributed by atoms with van der Waals surface area (Å²) in [6.45, 7) is 7.85. The van der Waals surface area contributed by atoms with E-state index in [0.29, 0.717) is 66.2 Å². The lowest BCUT2D eigenvalue weighted by Crippen LogP contribution is -2.47. The van der Waals surface area contributed by atoms with Crippen LogP contribution in [-0.2, 0) is 16.0 Å². The normalized spacial score (nSPS) is 17.9. The second-order valence-electron chi connectivity index (χ2n) is 12.0. The van der Waals surface area contributed by atoms with Crippen LogP contribution in [-0.4, -0.2) is 97.6 Å². The first-order valence-electron chi connectivity index (χ1n) is 16.5. The van der Waals surface area contributed by atoms with Gasteiger partial charge in [0.05, 0.1) is 29.9 Å². The number of aryl methyl sites for hydroxylation is 1. The molecule has 3 aromatic rings. The molecule has 7 aliphatic rings. The Balaban J connectivity index is 1.51. The van der Waals surface area contributed by atoms with Crippen LogP contribution in [0.1, 0.15) is 41.5 Å². The number of fused-ring (bicyclic) bond motifs is 1. The van der Waals surface area contributed by atoms with Crippen molar-refractivity contribution in [2.75, 3.05) is 80.3 Å². The molecular formula is C34H43N9O6. The van der Waals surface area contributed by atoms with Gasteiger partial charge in [-0.25, -0.2) is 15.4 Å². The molecule has 1 aromatic heterocycles. The van der Waals surface area contributed by atoms with Gasteiger partial charge in [0.2, 0.25) is 0 Å². The van der Waals surface area contributed by atoms with Gasteiger partial charge in [-0.05, 0) is 55.7 Å². The van der Waals surface area contributed by atoms with Crippen molar-refractivity contribution in [3.63, 3.8) is 0 Å². The second-order valence-corrected chi connectivity index (χ2v) is 12.0. The molecular weight excluding hydrogens is 630 g/mol. The zero-order chi connectivity index (χ0) is 34.3. The molecule has 0 saturated carbocycles. The lowest BCUT2D eigenvalue weighted by atomic mass is 10.1.